The minimum Gasteiger partial charge on any atom is -0.493 e. The number of amides is 1. The van der Waals surface area contributed by atoms with Gasteiger partial charge in [0.1, 0.15) is 0 Å². The second-order valence-corrected chi connectivity index (χ2v) is 8.80. The Labute approximate surface area is 207 Å². The zero-order chi connectivity index (χ0) is 24.9. The summed E-state index contributed by atoms with van der Waals surface area (Å²) >= 11 is 0. The first-order chi connectivity index (χ1) is 16.9. The zero-order valence-electron chi connectivity index (χ0n) is 21.0. The van der Waals surface area contributed by atoms with Crippen molar-refractivity contribution < 1.29 is 14.3 Å². The van der Waals surface area contributed by atoms with Crippen LogP contribution in [0.2, 0.25) is 0 Å². The molecule has 35 heavy (non-hydrogen) atoms. The molecular formula is C29H33N3O3. The number of methoxy groups -OCH3 is 2. The van der Waals surface area contributed by atoms with E-state index in [1.165, 1.54) is 5.56 Å². The lowest BCUT2D eigenvalue weighted by atomic mass is 9.99. The lowest BCUT2D eigenvalue weighted by molar-refractivity contribution is -0.110. The third-order valence-electron chi connectivity index (χ3n) is 6.33. The van der Waals surface area contributed by atoms with Gasteiger partial charge in [-0.2, -0.15) is 0 Å². The first kappa shape index (κ1) is 24.4. The summed E-state index contributed by atoms with van der Waals surface area (Å²) in [6.45, 7) is 8.52. The molecular weight excluding hydrogens is 438 g/mol. The highest BCUT2D eigenvalue weighted by molar-refractivity contribution is 6.37. The van der Waals surface area contributed by atoms with E-state index in [1.54, 1.807) is 20.3 Å². The Bertz CT molecular complexity index is 1220. The van der Waals surface area contributed by atoms with Crippen LogP contribution in [0.1, 0.15) is 37.5 Å². The number of hydrogen-bond acceptors (Lipinski definition) is 5. The summed E-state index contributed by atoms with van der Waals surface area (Å²) in [4.78, 5) is 15.6. The molecule has 2 N–H and O–H groups in total. The quantitative estimate of drug-likeness (QED) is 0.382. The van der Waals surface area contributed by atoms with Gasteiger partial charge in [0, 0.05) is 29.9 Å². The molecule has 0 atom stereocenters. The van der Waals surface area contributed by atoms with E-state index in [2.05, 4.69) is 60.6 Å². The van der Waals surface area contributed by atoms with Gasteiger partial charge < -0.3 is 20.1 Å². The minimum atomic E-state index is -0.172. The molecule has 4 rings (SSSR count). The number of fused-ring (bicyclic) bond motifs is 1. The van der Waals surface area contributed by atoms with E-state index in [4.69, 9.17) is 9.47 Å². The smallest absolute Gasteiger partial charge is 0.258 e. The van der Waals surface area contributed by atoms with Crippen molar-refractivity contribution in [1.82, 2.24) is 4.90 Å². The van der Waals surface area contributed by atoms with Crippen LogP contribution in [0.25, 0.3) is 11.3 Å². The van der Waals surface area contributed by atoms with E-state index in [9.17, 15) is 4.79 Å². The van der Waals surface area contributed by atoms with E-state index in [0.717, 1.165) is 35.6 Å². The van der Waals surface area contributed by atoms with E-state index in [-0.39, 0.29) is 5.91 Å². The Morgan fingerprint density at radius 1 is 0.971 bits per heavy atom. The molecule has 0 spiro atoms. The second-order valence-electron chi connectivity index (χ2n) is 8.80. The van der Waals surface area contributed by atoms with Gasteiger partial charge in [-0.25, -0.2) is 0 Å². The van der Waals surface area contributed by atoms with Crippen molar-refractivity contribution >= 4 is 28.6 Å². The molecule has 3 aromatic carbocycles. The lowest BCUT2D eigenvalue weighted by Gasteiger charge is -2.24. The highest BCUT2D eigenvalue weighted by Crippen LogP contribution is 2.43. The number of rotatable bonds is 9. The summed E-state index contributed by atoms with van der Waals surface area (Å²) in [6, 6.07) is 22.4. The van der Waals surface area contributed by atoms with Crippen molar-refractivity contribution in [1.29, 1.82) is 0 Å². The topological polar surface area (TPSA) is 62.8 Å². The number of benzene rings is 3. The summed E-state index contributed by atoms with van der Waals surface area (Å²) in [5.41, 5.74) is 5.84. The Hall–Kier alpha value is -3.77. The lowest BCUT2D eigenvalue weighted by Crippen LogP contribution is -2.29. The van der Waals surface area contributed by atoms with E-state index in [1.807, 2.05) is 36.4 Å². The number of carbonyl (C=O) groups excluding carboxylic acids is 1. The zero-order valence-corrected chi connectivity index (χ0v) is 21.0. The van der Waals surface area contributed by atoms with Crippen LogP contribution in [0.5, 0.6) is 11.5 Å². The van der Waals surface area contributed by atoms with Crippen LogP contribution in [0.3, 0.4) is 0 Å². The number of nitrogens with zero attached hydrogens (tertiary/aromatic N) is 1. The summed E-state index contributed by atoms with van der Waals surface area (Å²) in [5.74, 6) is 0.969. The molecule has 1 aliphatic rings. The Kier molecular flexibility index (Phi) is 7.42. The van der Waals surface area contributed by atoms with Gasteiger partial charge >= 0.3 is 0 Å². The third-order valence-corrected chi connectivity index (χ3v) is 6.33. The fraction of sp³-hybridized carbons (Fsp3) is 0.276. The van der Waals surface area contributed by atoms with Crippen LogP contribution in [-0.2, 0) is 11.3 Å². The van der Waals surface area contributed by atoms with Crippen molar-refractivity contribution in [3.05, 3.63) is 83.4 Å². The summed E-state index contributed by atoms with van der Waals surface area (Å²) < 4.78 is 10.9. The molecule has 3 aromatic rings. The van der Waals surface area contributed by atoms with Gasteiger partial charge in [0.25, 0.3) is 5.91 Å². The third kappa shape index (κ3) is 5.17. The fourth-order valence-corrected chi connectivity index (χ4v) is 4.36. The maximum absolute atomic E-state index is 13.2. The summed E-state index contributed by atoms with van der Waals surface area (Å²) in [5, 5.41) is 6.50. The molecule has 0 aromatic heterocycles. The molecule has 1 amide bonds. The predicted octanol–water partition coefficient (Wildman–Crippen LogP) is 5.87. The first-order valence-electron chi connectivity index (χ1n) is 11.9. The number of nitrogens with one attached hydrogen (secondary N) is 2. The summed E-state index contributed by atoms with van der Waals surface area (Å²) in [7, 11) is 3.17. The molecule has 182 valence electrons. The Morgan fingerprint density at radius 3 is 2.23 bits per heavy atom. The molecule has 1 heterocycles. The van der Waals surface area contributed by atoms with Crippen molar-refractivity contribution in [3.8, 4) is 11.5 Å². The molecule has 1 aliphatic heterocycles. The van der Waals surface area contributed by atoms with Crippen molar-refractivity contribution in [3.63, 3.8) is 0 Å². The molecule has 0 saturated carbocycles. The molecule has 6 nitrogen and oxygen atoms in total. The number of anilines is 2. The van der Waals surface area contributed by atoms with Crippen molar-refractivity contribution in [2.24, 2.45) is 0 Å². The van der Waals surface area contributed by atoms with Gasteiger partial charge in [-0.05, 0) is 49.7 Å². The van der Waals surface area contributed by atoms with Crippen LogP contribution in [0.15, 0.2) is 66.7 Å². The monoisotopic (exact) mass is 471 g/mol. The highest BCUT2D eigenvalue weighted by atomic mass is 16.5. The molecule has 0 bridgehead atoms. The number of ether oxygens (including phenoxy) is 2. The van der Waals surface area contributed by atoms with E-state index < -0.39 is 0 Å². The van der Waals surface area contributed by atoms with Crippen molar-refractivity contribution in [2.75, 3.05) is 31.4 Å². The maximum atomic E-state index is 13.2. The van der Waals surface area contributed by atoms with E-state index >= 15 is 0 Å². The standard InChI is InChI=1S/C29H33N3O3/c1-6-32(19(2)3)18-20-12-14-22(15-13-20)30-28(21-10-8-7-9-11-21)27-23-16-25(34-4)26(35-5)17-24(23)31-29(27)33/h7-17,19,30H,6,18H2,1-5H3,(H,31,33)/b28-27-. The maximum Gasteiger partial charge on any atom is 0.258 e. The highest BCUT2D eigenvalue weighted by Gasteiger charge is 2.30. The molecule has 0 saturated heterocycles. The van der Waals surface area contributed by atoms with Gasteiger partial charge in [0.2, 0.25) is 0 Å². The summed E-state index contributed by atoms with van der Waals surface area (Å²) in [6.07, 6.45) is 0. The Morgan fingerprint density at radius 2 is 1.63 bits per heavy atom. The van der Waals surface area contributed by atoms with Gasteiger partial charge in [-0.15, -0.1) is 0 Å². The molecule has 0 aliphatic carbocycles. The van der Waals surface area contributed by atoms with Gasteiger partial charge in [0.15, 0.2) is 11.5 Å². The number of carbonyl (C=O) groups is 1. The second kappa shape index (κ2) is 10.7. The normalized spacial score (nSPS) is 14.1. The largest absolute Gasteiger partial charge is 0.493 e. The van der Waals surface area contributed by atoms with Gasteiger partial charge in [-0.1, -0.05) is 49.4 Å². The first-order valence-corrected chi connectivity index (χ1v) is 11.9. The van der Waals surface area contributed by atoms with Crippen LogP contribution in [-0.4, -0.2) is 37.6 Å². The van der Waals surface area contributed by atoms with Crippen LogP contribution >= 0.6 is 0 Å². The van der Waals surface area contributed by atoms with Gasteiger partial charge in [-0.3, -0.25) is 9.69 Å². The van der Waals surface area contributed by atoms with Crippen LogP contribution < -0.4 is 20.1 Å². The SMILES string of the molecule is CCN(Cc1ccc(N/C(=C2\C(=O)Nc3cc(OC)c(OC)cc32)c2ccccc2)cc1)C(C)C. The average molecular weight is 472 g/mol. The van der Waals surface area contributed by atoms with Crippen LogP contribution in [0, 0.1) is 0 Å². The van der Waals surface area contributed by atoms with E-state index in [0.29, 0.717) is 28.8 Å². The van der Waals surface area contributed by atoms with Crippen LogP contribution in [0.4, 0.5) is 11.4 Å². The average Bonchev–Trinajstić information content (AvgIpc) is 3.20. The predicted molar refractivity (Wildman–Crippen MR) is 143 cm³/mol. The molecule has 0 fully saturated rings. The number of hydrogen-bond donors (Lipinski definition) is 2. The fourth-order valence-electron chi connectivity index (χ4n) is 4.36. The van der Waals surface area contributed by atoms with Crippen molar-refractivity contribution in [2.45, 2.75) is 33.4 Å². The molecule has 0 radical (unpaired) electrons. The molecule has 0 unspecified atom stereocenters. The van der Waals surface area contributed by atoms with Gasteiger partial charge in [0.05, 0.1) is 31.2 Å². The molecule has 6 heteroatoms. The minimum absolute atomic E-state index is 0.172. The Balaban J connectivity index is 1.75.